The Balaban J connectivity index is 2.08. The number of nitriles is 1. The molecule has 1 atom stereocenters. The summed E-state index contributed by atoms with van der Waals surface area (Å²) >= 11 is 0. The van der Waals surface area contributed by atoms with Crippen LogP contribution in [0.4, 0.5) is 11.4 Å². The van der Waals surface area contributed by atoms with Crippen LogP contribution in [-0.4, -0.2) is 13.0 Å². The lowest BCUT2D eigenvalue weighted by Crippen LogP contribution is -2.40. The summed E-state index contributed by atoms with van der Waals surface area (Å²) in [6.45, 7) is 3.87. The molecule has 0 bridgehead atoms. The Morgan fingerprint density at radius 3 is 2.52 bits per heavy atom. The lowest BCUT2D eigenvalue weighted by atomic mass is 9.90. The summed E-state index contributed by atoms with van der Waals surface area (Å²) in [5.74, 6) is 0.351. The van der Waals surface area contributed by atoms with E-state index in [1.165, 1.54) is 0 Å². The Morgan fingerprint density at radius 2 is 1.91 bits per heavy atom. The zero-order valence-corrected chi connectivity index (χ0v) is 13.2. The van der Waals surface area contributed by atoms with Crippen LogP contribution in [0.3, 0.4) is 0 Å². The molecule has 0 saturated carbocycles. The highest BCUT2D eigenvalue weighted by molar-refractivity contribution is 6.10. The number of nitrogens with zero attached hydrogens (tertiary/aromatic N) is 1. The summed E-state index contributed by atoms with van der Waals surface area (Å²) in [5.41, 5.74) is 2.58. The highest BCUT2D eigenvalue weighted by Gasteiger charge is 2.48. The van der Waals surface area contributed by atoms with Gasteiger partial charge in [-0.15, -0.1) is 0 Å². The van der Waals surface area contributed by atoms with Gasteiger partial charge in [-0.25, -0.2) is 0 Å². The van der Waals surface area contributed by atoms with E-state index in [0.29, 0.717) is 22.7 Å². The third-order valence-electron chi connectivity index (χ3n) is 4.05. The standard InChI is InChI=1S/C18H17N3O2/c1-11-8-12(2)16-15(9-11)18(10-19,17(22)20-16)21-13-4-6-14(23-3)7-5-13/h4-9,21H,1-3H3,(H,20,22). The molecule has 23 heavy (non-hydrogen) atoms. The van der Waals surface area contributed by atoms with Crippen LogP contribution in [-0.2, 0) is 10.3 Å². The molecule has 1 heterocycles. The molecular formula is C18H17N3O2. The first-order valence-corrected chi connectivity index (χ1v) is 7.27. The number of hydrogen-bond acceptors (Lipinski definition) is 4. The van der Waals surface area contributed by atoms with Gasteiger partial charge in [0.2, 0.25) is 5.54 Å². The van der Waals surface area contributed by atoms with Gasteiger partial charge in [0, 0.05) is 11.3 Å². The molecule has 0 aliphatic carbocycles. The molecule has 2 aromatic rings. The molecule has 2 N–H and O–H groups in total. The summed E-state index contributed by atoms with van der Waals surface area (Å²) in [6, 6.07) is 13.1. The van der Waals surface area contributed by atoms with E-state index in [9.17, 15) is 10.1 Å². The number of hydrogen-bond donors (Lipinski definition) is 2. The molecule has 5 heteroatoms. The summed E-state index contributed by atoms with van der Waals surface area (Å²) in [6.07, 6.45) is 0. The number of carbonyl (C=O) groups excluding carboxylic acids is 1. The van der Waals surface area contributed by atoms with Crippen molar-refractivity contribution in [1.82, 2.24) is 0 Å². The molecule has 1 amide bonds. The molecule has 116 valence electrons. The molecule has 0 fully saturated rings. The lowest BCUT2D eigenvalue weighted by molar-refractivity contribution is -0.118. The molecule has 0 saturated heterocycles. The normalized spacial score (nSPS) is 18.8. The molecule has 1 aliphatic heterocycles. The minimum absolute atomic E-state index is 0.362. The van der Waals surface area contributed by atoms with Crippen LogP contribution in [0.5, 0.6) is 5.75 Å². The summed E-state index contributed by atoms with van der Waals surface area (Å²) < 4.78 is 5.13. The highest BCUT2D eigenvalue weighted by Crippen LogP contribution is 2.40. The topological polar surface area (TPSA) is 74.1 Å². The number of ether oxygens (including phenoxy) is 1. The van der Waals surface area contributed by atoms with Crippen LogP contribution in [0.25, 0.3) is 0 Å². The predicted octanol–water partition coefficient (Wildman–Crippen LogP) is 3.10. The van der Waals surface area contributed by atoms with Gasteiger partial charge in [0.1, 0.15) is 11.8 Å². The third kappa shape index (κ3) is 2.29. The van der Waals surface area contributed by atoms with Crippen molar-refractivity contribution in [2.45, 2.75) is 19.4 Å². The predicted molar refractivity (Wildman–Crippen MR) is 88.5 cm³/mol. The first-order chi connectivity index (χ1) is 11.0. The first kappa shape index (κ1) is 14.9. The van der Waals surface area contributed by atoms with Crippen molar-refractivity contribution in [2.24, 2.45) is 0 Å². The summed E-state index contributed by atoms with van der Waals surface area (Å²) in [4.78, 5) is 12.6. The van der Waals surface area contributed by atoms with E-state index in [0.717, 1.165) is 11.1 Å². The third-order valence-corrected chi connectivity index (χ3v) is 4.05. The smallest absolute Gasteiger partial charge is 0.269 e. The molecule has 0 radical (unpaired) electrons. The van der Waals surface area contributed by atoms with E-state index in [4.69, 9.17) is 4.74 Å². The van der Waals surface area contributed by atoms with Crippen molar-refractivity contribution in [2.75, 3.05) is 17.7 Å². The number of anilines is 2. The average molecular weight is 307 g/mol. The Morgan fingerprint density at radius 1 is 1.22 bits per heavy atom. The largest absolute Gasteiger partial charge is 0.497 e. The monoisotopic (exact) mass is 307 g/mol. The Kier molecular flexibility index (Phi) is 3.45. The van der Waals surface area contributed by atoms with Crippen LogP contribution in [0.1, 0.15) is 16.7 Å². The second-order valence-corrected chi connectivity index (χ2v) is 5.67. The maximum Gasteiger partial charge on any atom is 0.269 e. The lowest BCUT2D eigenvalue weighted by Gasteiger charge is -2.22. The Hall–Kier alpha value is -3.00. The second kappa shape index (κ2) is 5.33. The number of benzene rings is 2. The zero-order valence-electron chi connectivity index (χ0n) is 13.2. The molecular weight excluding hydrogens is 290 g/mol. The number of amides is 1. The van der Waals surface area contributed by atoms with Gasteiger partial charge < -0.3 is 15.4 Å². The second-order valence-electron chi connectivity index (χ2n) is 5.67. The van der Waals surface area contributed by atoms with E-state index in [1.807, 2.05) is 26.0 Å². The fraction of sp³-hybridized carbons (Fsp3) is 0.222. The van der Waals surface area contributed by atoms with E-state index < -0.39 is 5.54 Å². The van der Waals surface area contributed by atoms with Crippen molar-refractivity contribution >= 4 is 17.3 Å². The van der Waals surface area contributed by atoms with Gasteiger partial charge in [-0.2, -0.15) is 5.26 Å². The number of nitrogens with one attached hydrogen (secondary N) is 2. The van der Waals surface area contributed by atoms with Gasteiger partial charge >= 0.3 is 0 Å². The van der Waals surface area contributed by atoms with E-state index in [-0.39, 0.29) is 5.91 Å². The van der Waals surface area contributed by atoms with Crippen molar-refractivity contribution in [1.29, 1.82) is 5.26 Å². The maximum atomic E-state index is 12.6. The fourth-order valence-electron chi connectivity index (χ4n) is 2.91. The van der Waals surface area contributed by atoms with Gasteiger partial charge in [-0.1, -0.05) is 11.6 Å². The van der Waals surface area contributed by atoms with Crippen molar-refractivity contribution in [3.63, 3.8) is 0 Å². The van der Waals surface area contributed by atoms with E-state index >= 15 is 0 Å². The molecule has 2 aromatic carbocycles. The Bertz CT molecular complexity index is 821. The SMILES string of the molecule is COc1ccc(NC2(C#N)C(=O)Nc3c(C)cc(C)cc32)cc1. The highest BCUT2D eigenvalue weighted by atomic mass is 16.5. The van der Waals surface area contributed by atoms with Crippen LogP contribution in [0.2, 0.25) is 0 Å². The van der Waals surface area contributed by atoms with E-state index in [1.54, 1.807) is 31.4 Å². The molecule has 1 unspecified atom stereocenters. The fourth-order valence-corrected chi connectivity index (χ4v) is 2.91. The molecule has 1 aliphatic rings. The number of rotatable bonds is 3. The number of methoxy groups -OCH3 is 1. The van der Waals surface area contributed by atoms with Crippen molar-refractivity contribution in [3.8, 4) is 11.8 Å². The number of aryl methyl sites for hydroxylation is 2. The molecule has 0 spiro atoms. The van der Waals surface area contributed by atoms with Crippen molar-refractivity contribution < 1.29 is 9.53 Å². The zero-order chi connectivity index (χ0) is 16.6. The van der Waals surface area contributed by atoms with Crippen LogP contribution in [0, 0.1) is 25.2 Å². The van der Waals surface area contributed by atoms with Crippen LogP contribution in [0.15, 0.2) is 36.4 Å². The molecule has 0 aromatic heterocycles. The number of carbonyl (C=O) groups is 1. The van der Waals surface area contributed by atoms with Gasteiger partial charge in [-0.3, -0.25) is 4.79 Å². The minimum Gasteiger partial charge on any atom is -0.497 e. The minimum atomic E-state index is -1.43. The van der Waals surface area contributed by atoms with Gasteiger partial charge in [0.15, 0.2) is 0 Å². The van der Waals surface area contributed by atoms with Gasteiger partial charge in [-0.05, 0) is 49.7 Å². The Labute approximate surface area is 134 Å². The summed E-state index contributed by atoms with van der Waals surface area (Å²) in [5, 5.41) is 15.7. The number of fused-ring (bicyclic) bond motifs is 1. The quantitative estimate of drug-likeness (QED) is 0.914. The summed E-state index contributed by atoms with van der Waals surface area (Å²) in [7, 11) is 1.59. The van der Waals surface area contributed by atoms with Crippen molar-refractivity contribution in [3.05, 3.63) is 53.1 Å². The van der Waals surface area contributed by atoms with Gasteiger partial charge in [0.25, 0.3) is 5.91 Å². The first-order valence-electron chi connectivity index (χ1n) is 7.27. The molecule has 5 nitrogen and oxygen atoms in total. The van der Waals surface area contributed by atoms with Gasteiger partial charge in [0.05, 0.1) is 12.8 Å². The van der Waals surface area contributed by atoms with E-state index in [2.05, 4.69) is 16.7 Å². The van der Waals surface area contributed by atoms with Crippen LogP contribution >= 0.6 is 0 Å². The van der Waals surface area contributed by atoms with Crippen LogP contribution < -0.4 is 15.4 Å². The average Bonchev–Trinajstić information content (AvgIpc) is 2.81. The molecule has 3 rings (SSSR count). The maximum absolute atomic E-state index is 12.6.